The molecule has 1 N–H and O–H groups in total. The largest absolute Gasteiger partial charge is 0.462 e. The van der Waals surface area contributed by atoms with E-state index in [4.69, 9.17) is 4.74 Å². The number of thioether (sulfide) groups is 1. The van der Waals surface area contributed by atoms with Crippen LogP contribution >= 0.6 is 34.4 Å². The maximum atomic E-state index is 13.4. The van der Waals surface area contributed by atoms with Gasteiger partial charge in [0.05, 0.1) is 23.3 Å². The van der Waals surface area contributed by atoms with E-state index in [2.05, 4.69) is 15.3 Å². The highest BCUT2D eigenvalue weighted by Gasteiger charge is 2.27. The maximum Gasteiger partial charge on any atom is 0.341 e. The fraction of sp³-hybridized carbons (Fsp3) is 0.280. The first-order chi connectivity index (χ1) is 17.0. The minimum absolute atomic E-state index is 0.121. The molecule has 3 aromatic heterocycles. The Balaban J connectivity index is 1.37. The predicted octanol–water partition coefficient (Wildman–Crippen LogP) is 6.35. The van der Waals surface area contributed by atoms with Crippen molar-refractivity contribution >= 4 is 61.5 Å². The number of rotatable bonds is 7. The fourth-order valence-corrected chi connectivity index (χ4v) is 7.26. The number of carbonyl (C=O) groups excluding carboxylic acids is 2. The summed E-state index contributed by atoms with van der Waals surface area (Å²) in [4.78, 5) is 36.3. The van der Waals surface area contributed by atoms with Crippen LogP contribution in [0.2, 0.25) is 0 Å². The Labute approximate surface area is 214 Å². The molecule has 3 heterocycles. The van der Waals surface area contributed by atoms with Crippen molar-refractivity contribution in [2.45, 2.75) is 37.6 Å². The van der Waals surface area contributed by atoms with Crippen LogP contribution in [0, 0.1) is 5.82 Å². The Hall–Kier alpha value is -2.82. The SMILES string of the molecule is CCOC(=O)c1c(NC(=O)CSc2ncnc3scc(-c4ccc(F)cc4)c23)sc2c1CCCC2. The number of halogens is 1. The minimum Gasteiger partial charge on any atom is -0.462 e. The number of aromatic nitrogens is 2. The van der Waals surface area contributed by atoms with Gasteiger partial charge in [0.2, 0.25) is 5.91 Å². The number of hydrogen-bond donors (Lipinski definition) is 1. The Morgan fingerprint density at radius 1 is 1.17 bits per heavy atom. The van der Waals surface area contributed by atoms with Crippen LogP contribution in [0.3, 0.4) is 0 Å². The van der Waals surface area contributed by atoms with E-state index in [1.807, 2.05) is 5.38 Å². The van der Waals surface area contributed by atoms with Gasteiger partial charge in [0.1, 0.15) is 27.0 Å². The Kier molecular flexibility index (Phi) is 7.12. The molecule has 10 heteroatoms. The fourth-order valence-electron chi connectivity index (χ4n) is 4.17. The quantitative estimate of drug-likeness (QED) is 0.171. The van der Waals surface area contributed by atoms with Gasteiger partial charge in [-0.25, -0.2) is 19.2 Å². The number of esters is 1. The molecule has 0 aliphatic heterocycles. The van der Waals surface area contributed by atoms with Crippen molar-refractivity contribution in [2.24, 2.45) is 0 Å². The van der Waals surface area contributed by atoms with Gasteiger partial charge in [0.25, 0.3) is 0 Å². The first-order valence-electron chi connectivity index (χ1n) is 11.3. The Morgan fingerprint density at radius 2 is 1.97 bits per heavy atom. The first-order valence-corrected chi connectivity index (χ1v) is 14.0. The summed E-state index contributed by atoms with van der Waals surface area (Å²) >= 11 is 4.27. The van der Waals surface area contributed by atoms with Gasteiger partial charge in [-0.15, -0.1) is 22.7 Å². The minimum atomic E-state index is -0.380. The lowest BCUT2D eigenvalue weighted by Crippen LogP contribution is -2.17. The molecule has 0 bridgehead atoms. The zero-order valence-electron chi connectivity index (χ0n) is 18.9. The summed E-state index contributed by atoms with van der Waals surface area (Å²) in [5, 5.41) is 7.01. The zero-order chi connectivity index (χ0) is 24.4. The normalized spacial score (nSPS) is 13.0. The highest BCUT2D eigenvalue weighted by atomic mass is 32.2. The van der Waals surface area contributed by atoms with Crippen LogP contribution in [0.25, 0.3) is 21.3 Å². The summed E-state index contributed by atoms with van der Waals surface area (Å²) in [6.45, 7) is 2.06. The van der Waals surface area contributed by atoms with Gasteiger partial charge >= 0.3 is 5.97 Å². The third kappa shape index (κ3) is 4.96. The zero-order valence-corrected chi connectivity index (χ0v) is 21.4. The monoisotopic (exact) mass is 527 g/mol. The number of hydrogen-bond acceptors (Lipinski definition) is 8. The molecule has 5 rings (SSSR count). The molecule has 1 aliphatic rings. The van der Waals surface area contributed by atoms with Gasteiger partial charge in [-0.05, 0) is 55.9 Å². The van der Waals surface area contributed by atoms with Gasteiger partial charge in [-0.1, -0.05) is 23.9 Å². The van der Waals surface area contributed by atoms with Crippen molar-refractivity contribution in [3.05, 3.63) is 57.8 Å². The van der Waals surface area contributed by atoms with Crippen LogP contribution in [-0.4, -0.2) is 34.2 Å². The van der Waals surface area contributed by atoms with Gasteiger partial charge in [0.15, 0.2) is 0 Å². The lowest BCUT2D eigenvalue weighted by atomic mass is 9.95. The van der Waals surface area contributed by atoms with E-state index in [0.29, 0.717) is 15.6 Å². The summed E-state index contributed by atoms with van der Waals surface area (Å²) in [6, 6.07) is 6.29. The number of ether oxygens (including phenoxy) is 1. The maximum absolute atomic E-state index is 13.4. The number of nitrogens with zero attached hydrogens (tertiary/aromatic N) is 2. The van der Waals surface area contributed by atoms with Crippen molar-refractivity contribution < 1.29 is 18.7 Å². The Bertz CT molecular complexity index is 1400. The second-order valence-corrected chi connectivity index (χ2v) is 10.9. The summed E-state index contributed by atoms with van der Waals surface area (Å²) < 4.78 is 18.7. The van der Waals surface area contributed by atoms with E-state index in [1.54, 1.807) is 19.1 Å². The number of anilines is 1. The summed E-state index contributed by atoms with van der Waals surface area (Å²) in [5.41, 5.74) is 3.29. The number of fused-ring (bicyclic) bond motifs is 2. The lowest BCUT2D eigenvalue weighted by Gasteiger charge is -2.12. The van der Waals surface area contributed by atoms with E-state index in [1.165, 1.54) is 52.9 Å². The molecule has 6 nitrogen and oxygen atoms in total. The van der Waals surface area contributed by atoms with Gasteiger partial charge in [-0.2, -0.15) is 0 Å². The van der Waals surface area contributed by atoms with Crippen LogP contribution in [0.1, 0.15) is 40.6 Å². The smallest absolute Gasteiger partial charge is 0.341 e. The third-order valence-electron chi connectivity index (χ3n) is 5.73. The van der Waals surface area contributed by atoms with E-state index in [0.717, 1.165) is 57.5 Å². The van der Waals surface area contributed by atoms with Gasteiger partial charge < -0.3 is 10.1 Å². The second kappa shape index (κ2) is 10.4. The van der Waals surface area contributed by atoms with Crippen molar-refractivity contribution in [2.75, 3.05) is 17.7 Å². The summed E-state index contributed by atoms with van der Waals surface area (Å²) in [7, 11) is 0. The van der Waals surface area contributed by atoms with Crippen molar-refractivity contribution in [3.63, 3.8) is 0 Å². The molecule has 1 aliphatic carbocycles. The molecule has 0 radical (unpaired) electrons. The van der Waals surface area contributed by atoms with E-state index in [-0.39, 0.29) is 30.1 Å². The Morgan fingerprint density at radius 3 is 2.77 bits per heavy atom. The summed E-state index contributed by atoms with van der Waals surface area (Å²) in [5.74, 6) is -0.775. The van der Waals surface area contributed by atoms with Gasteiger partial charge in [-0.3, -0.25) is 4.79 Å². The second-order valence-electron chi connectivity index (χ2n) is 7.99. The first kappa shape index (κ1) is 23.9. The standard InChI is InChI=1S/C25H22FN3O3S3/c1-2-32-25(31)21-16-5-3-4-6-18(16)35-24(21)29-19(30)12-34-23-20-17(11-33-22(20)27-13-28-23)14-7-9-15(26)10-8-14/h7-11,13H,2-6,12H2,1H3,(H,29,30). The molecule has 180 valence electrons. The lowest BCUT2D eigenvalue weighted by molar-refractivity contribution is -0.113. The molecule has 0 atom stereocenters. The highest BCUT2D eigenvalue weighted by Crippen LogP contribution is 2.40. The molecule has 0 spiro atoms. The molecule has 0 saturated heterocycles. The number of benzene rings is 1. The van der Waals surface area contributed by atoms with Crippen LogP contribution in [0.5, 0.6) is 0 Å². The predicted molar refractivity (Wildman–Crippen MR) is 139 cm³/mol. The topological polar surface area (TPSA) is 81.2 Å². The summed E-state index contributed by atoms with van der Waals surface area (Å²) in [6.07, 6.45) is 5.34. The molecular formula is C25H22FN3O3S3. The van der Waals surface area contributed by atoms with E-state index < -0.39 is 0 Å². The number of nitrogens with one attached hydrogen (secondary N) is 1. The van der Waals surface area contributed by atoms with Crippen LogP contribution in [-0.2, 0) is 22.4 Å². The molecule has 0 fully saturated rings. The van der Waals surface area contributed by atoms with Crippen LogP contribution < -0.4 is 5.32 Å². The molecule has 1 amide bonds. The van der Waals surface area contributed by atoms with E-state index >= 15 is 0 Å². The number of carbonyl (C=O) groups is 2. The molecular weight excluding hydrogens is 505 g/mol. The van der Waals surface area contributed by atoms with Crippen LogP contribution in [0.4, 0.5) is 9.39 Å². The third-order valence-corrected chi connectivity index (χ3v) is 8.82. The molecule has 0 saturated carbocycles. The van der Waals surface area contributed by atoms with Crippen molar-refractivity contribution in [3.8, 4) is 11.1 Å². The molecule has 0 unspecified atom stereocenters. The number of aryl methyl sites for hydroxylation is 1. The van der Waals surface area contributed by atoms with E-state index in [9.17, 15) is 14.0 Å². The highest BCUT2D eigenvalue weighted by molar-refractivity contribution is 8.00. The van der Waals surface area contributed by atoms with Gasteiger partial charge in [0, 0.05) is 15.8 Å². The average Bonchev–Trinajstić information content (AvgIpc) is 3.45. The number of thiophene rings is 2. The average molecular weight is 528 g/mol. The van der Waals surface area contributed by atoms with Crippen LogP contribution in [0.15, 0.2) is 41.0 Å². The van der Waals surface area contributed by atoms with Crippen molar-refractivity contribution in [1.29, 1.82) is 0 Å². The molecule has 1 aromatic carbocycles. The number of amides is 1. The van der Waals surface area contributed by atoms with Crippen molar-refractivity contribution in [1.82, 2.24) is 9.97 Å². The molecule has 4 aromatic rings. The molecule has 35 heavy (non-hydrogen) atoms.